The molecule has 0 radical (unpaired) electrons. The first kappa shape index (κ1) is 17.0. The number of nitrogens with one attached hydrogen (secondary N) is 1. The average molecular weight is 298 g/mol. The third-order valence-electron chi connectivity index (χ3n) is 2.36. The summed E-state index contributed by atoms with van der Waals surface area (Å²) in [5, 5.41) is 3.23. The first-order valence-electron chi connectivity index (χ1n) is 5.39. The normalized spacial score (nSPS) is 14.4. The zero-order valence-corrected chi connectivity index (χ0v) is 11.7. The highest BCUT2D eigenvalue weighted by Crippen LogP contribution is 2.14. The Hall–Kier alpha value is -0.980. The topological polar surface area (TPSA) is 67.6 Å². The van der Waals surface area contributed by atoms with E-state index in [2.05, 4.69) is 10.3 Å². The van der Waals surface area contributed by atoms with Gasteiger partial charge < -0.3 is 19.4 Å². The maximum atomic E-state index is 11.4. The van der Waals surface area contributed by atoms with Gasteiger partial charge in [0.2, 0.25) is 0 Å². The van der Waals surface area contributed by atoms with Crippen LogP contribution in [-0.4, -0.2) is 43.7 Å². The van der Waals surface area contributed by atoms with Gasteiger partial charge in [-0.15, -0.1) is 24.8 Å². The minimum Gasteiger partial charge on any atom is -0.461 e. The summed E-state index contributed by atoms with van der Waals surface area (Å²) in [5.41, 5.74) is 0.232. The summed E-state index contributed by atoms with van der Waals surface area (Å²) in [6.07, 6.45) is 1.34. The molecule has 1 aliphatic rings. The summed E-state index contributed by atoms with van der Waals surface area (Å²) in [4.78, 5) is 17.5. The lowest BCUT2D eigenvalue weighted by molar-refractivity contribution is 0.0519. The Bertz CT molecular complexity index is 367. The van der Waals surface area contributed by atoms with E-state index in [4.69, 9.17) is 9.15 Å². The Morgan fingerprint density at radius 1 is 1.50 bits per heavy atom. The van der Waals surface area contributed by atoms with Crippen molar-refractivity contribution in [3.8, 4) is 0 Å². The van der Waals surface area contributed by atoms with Gasteiger partial charge in [0, 0.05) is 26.2 Å². The van der Waals surface area contributed by atoms with Crippen LogP contribution < -0.4 is 10.2 Å². The lowest BCUT2D eigenvalue weighted by Crippen LogP contribution is -2.43. The van der Waals surface area contributed by atoms with Crippen LogP contribution in [0, 0.1) is 0 Å². The van der Waals surface area contributed by atoms with Gasteiger partial charge >= 0.3 is 5.97 Å². The zero-order chi connectivity index (χ0) is 11.4. The molecule has 1 aromatic heterocycles. The number of esters is 1. The first-order valence-corrected chi connectivity index (χ1v) is 5.39. The van der Waals surface area contributed by atoms with Crippen LogP contribution in [0.4, 0.5) is 6.01 Å². The Morgan fingerprint density at radius 3 is 2.78 bits per heavy atom. The molecule has 6 nitrogen and oxygen atoms in total. The lowest BCUT2D eigenvalue weighted by atomic mass is 10.4. The number of piperazine rings is 1. The Morgan fingerprint density at radius 2 is 2.17 bits per heavy atom. The largest absolute Gasteiger partial charge is 0.461 e. The van der Waals surface area contributed by atoms with Gasteiger partial charge in [0.25, 0.3) is 6.01 Å². The number of aromatic nitrogens is 1. The van der Waals surface area contributed by atoms with E-state index in [0.29, 0.717) is 12.6 Å². The molecule has 1 N–H and O–H groups in total. The predicted octanol–water partition coefficient (Wildman–Crippen LogP) is 1.10. The van der Waals surface area contributed by atoms with Crippen molar-refractivity contribution in [3.05, 3.63) is 12.0 Å². The molecule has 2 rings (SSSR count). The molecule has 8 heteroatoms. The maximum absolute atomic E-state index is 11.4. The Labute approximate surface area is 118 Å². The van der Waals surface area contributed by atoms with Gasteiger partial charge in [0.15, 0.2) is 5.69 Å². The van der Waals surface area contributed by atoms with Crippen molar-refractivity contribution in [2.24, 2.45) is 0 Å². The second kappa shape index (κ2) is 8.18. The molecule has 1 fully saturated rings. The molecular formula is C10H17Cl2N3O3. The van der Waals surface area contributed by atoms with Crippen molar-refractivity contribution in [2.75, 3.05) is 37.7 Å². The fraction of sp³-hybridized carbons (Fsp3) is 0.600. The van der Waals surface area contributed by atoms with Crippen LogP contribution in [-0.2, 0) is 4.74 Å². The quantitative estimate of drug-likeness (QED) is 0.843. The number of anilines is 1. The molecule has 18 heavy (non-hydrogen) atoms. The standard InChI is InChI=1S/C10H15N3O3.2ClH/c1-2-15-9(14)8-7-16-10(12-8)13-5-3-11-4-6-13;;/h7,11H,2-6H2,1H3;2*1H. The van der Waals surface area contributed by atoms with E-state index in [0.717, 1.165) is 26.2 Å². The van der Waals surface area contributed by atoms with E-state index >= 15 is 0 Å². The van der Waals surface area contributed by atoms with Gasteiger partial charge in [0.05, 0.1) is 6.61 Å². The van der Waals surface area contributed by atoms with Crippen LogP contribution in [0.5, 0.6) is 0 Å². The predicted molar refractivity (Wildman–Crippen MR) is 72.0 cm³/mol. The van der Waals surface area contributed by atoms with Gasteiger partial charge in [-0.25, -0.2) is 4.79 Å². The number of oxazole rings is 1. The number of carbonyl (C=O) groups excluding carboxylic acids is 1. The summed E-state index contributed by atoms with van der Waals surface area (Å²) < 4.78 is 10.1. The molecule has 2 heterocycles. The van der Waals surface area contributed by atoms with Crippen LogP contribution in [0.1, 0.15) is 17.4 Å². The Kier molecular flexibility index (Phi) is 7.73. The molecule has 0 aromatic carbocycles. The van der Waals surface area contributed by atoms with E-state index < -0.39 is 5.97 Å². The number of hydrogen-bond donors (Lipinski definition) is 1. The highest BCUT2D eigenvalue weighted by Gasteiger charge is 2.18. The zero-order valence-electron chi connectivity index (χ0n) is 10.0. The number of nitrogens with zero attached hydrogens (tertiary/aromatic N) is 2. The molecule has 0 bridgehead atoms. The van der Waals surface area contributed by atoms with Crippen molar-refractivity contribution in [1.29, 1.82) is 0 Å². The molecule has 104 valence electrons. The number of halogens is 2. The van der Waals surface area contributed by atoms with Gasteiger partial charge in [-0.3, -0.25) is 0 Å². The van der Waals surface area contributed by atoms with E-state index in [1.54, 1.807) is 6.92 Å². The molecule has 0 saturated carbocycles. The number of ether oxygens (including phenoxy) is 1. The highest BCUT2D eigenvalue weighted by molar-refractivity contribution is 5.87. The molecule has 0 spiro atoms. The molecule has 1 aliphatic heterocycles. The Balaban J connectivity index is 0.00000144. The summed E-state index contributed by atoms with van der Waals surface area (Å²) in [6, 6.07) is 0.490. The monoisotopic (exact) mass is 297 g/mol. The first-order chi connectivity index (χ1) is 7.81. The number of carbonyl (C=O) groups is 1. The van der Waals surface area contributed by atoms with E-state index in [-0.39, 0.29) is 30.5 Å². The van der Waals surface area contributed by atoms with Crippen molar-refractivity contribution < 1.29 is 13.9 Å². The van der Waals surface area contributed by atoms with Crippen molar-refractivity contribution in [2.45, 2.75) is 6.92 Å². The maximum Gasteiger partial charge on any atom is 0.360 e. The number of rotatable bonds is 3. The third kappa shape index (κ3) is 4.04. The molecule has 1 aromatic rings. The van der Waals surface area contributed by atoms with Crippen molar-refractivity contribution in [1.82, 2.24) is 10.3 Å². The minimum absolute atomic E-state index is 0. The molecule has 0 aliphatic carbocycles. The second-order valence-corrected chi connectivity index (χ2v) is 3.47. The average Bonchev–Trinajstić information content (AvgIpc) is 2.80. The van der Waals surface area contributed by atoms with Crippen molar-refractivity contribution in [3.63, 3.8) is 0 Å². The summed E-state index contributed by atoms with van der Waals surface area (Å²) >= 11 is 0. The van der Waals surface area contributed by atoms with Gasteiger partial charge in [-0.2, -0.15) is 4.98 Å². The smallest absolute Gasteiger partial charge is 0.360 e. The summed E-state index contributed by atoms with van der Waals surface area (Å²) in [7, 11) is 0. The van der Waals surface area contributed by atoms with Crippen LogP contribution >= 0.6 is 24.8 Å². The third-order valence-corrected chi connectivity index (χ3v) is 2.36. The highest BCUT2D eigenvalue weighted by atomic mass is 35.5. The summed E-state index contributed by atoms with van der Waals surface area (Å²) in [5.74, 6) is -0.437. The van der Waals surface area contributed by atoms with Crippen LogP contribution in [0.3, 0.4) is 0 Å². The SMILES string of the molecule is CCOC(=O)c1coc(N2CCNCC2)n1.Cl.Cl. The molecule has 0 unspecified atom stereocenters. The van der Waals surface area contributed by atoms with Crippen LogP contribution in [0.2, 0.25) is 0 Å². The van der Waals surface area contributed by atoms with E-state index in [1.807, 2.05) is 4.90 Å². The molecular weight excluding hydrogens is 281 g/mol. The number of hydrogen-bond acceptors (Lipinski definition) is 6. The summed E-state index contributed by atoms with van der Waals surface area (Å²) in [6.45, 7) is 5.57. The van der Waals surface area contributed by atoms with Crippen LogP contribution in [0.15, 0.2) is 10.7 Å². The van der Waals surface area contributed by atoms with Crippen LogP contribution in [0.25, 0.3) is 0 Å². The van der Waals surface area contributed by atoms with Gasteiger partial charge in [0.1, 0.15) is 6.26 Å². The molecule has 0 atom stereocenters. The molecule has 1 saturated heterocycles. The van der Waals surface area contributed by atoms with E-state index in [1.165, 1.54) is 6.26 Å². The van der Waals surface area contributed by atoms with Gasteiger partial charge in [-0.05, 0) is 6.92 Å². The van der Waals surface area contributed by atoms with E-state index in [9.17, 15) is 4.79 Å². The minimum atomic E-state index is -0.437. The van der Waals surface area contributed by atoms with Crippen molar-refractivity contribution >= 4 is 36.8 Å². The fourth-order valence-corrected chi connectivity index (χ4v) is 1.56. The van der Waals surface area contributed by atoms with Gasteiger partial charge in [-0.1, -0.05) is 0 Å². The fourth-order valence-electron chi connectivity index (χ4n) is 1.56. The lowest BCUT2D eigenvalue weighted by Gasteiger charge is -2.25. The molecule has 0 amide bonds. The second-order valence-electron chi connectivity index (χ2n) is 3.47.